The van der Waals surface area contributed by atoms with Crippen LogP contribution in [0.3, 0.4) is 0 Å². The van der Waals surface area contributed by atoms with Crippen molar-refractivity contribution in [1.82, 2.24) is 4.98 Å². The summed E-state index contributed by atoms with van der Waals surface area (Å²) in [6.45, 7) is 3.73. The van der Waals surface area contributed by atoms with Gasteiger partial charge in [-0.15, -0.1) is 11.8 Å². The van der Waals surface area contributed by atoms with E-state index >= 15 is 0 Å². The lowest BCUT2D eigenvalue weighted by molar-refractivity contribution is 0.265. The summed E-state index contributed by atoms with van der Waals surface area (Å²) in [7, 11) is 0. The maximum atomic E-state index is 13.1. The maximum Gasteiger partial charge on any atom is 0.155 e. The SMILES string of the molecule is CC(C)(CO)Sc1ccncc1F. The molecule has 0 aliphatic heterocycles. The first-order chi connectivity index (χ1) is 6.05. The molecule has 1 rings (SSSR count). The molecule has 13 heavy (non-hydrogen) atoms. The van der Waals surface area contributed by atoms with Gasteiger partial charge >= 0.3 is 0 Å². The minimum atomic E-state index is -0.359. The van der Waals surface area contributed by atoms with Crippen LogP contribution in [0.15, 0.2) is 23.4 Å². The van der Waals surface area contributed by atoms with Gasteiger partial charge in [-0.05, 0) is 19.9 Å². The predicted octanol–water partition coefficient (Wildman–Crippen LogP) is 2.08. The number of thioether (sulfide) groups is 1. The summed E-state index contributed by atoms with van der Waals surface area (Å²) in [6, 6.07) is 1.61. The Bertz CT molecular complexity index is 291. The van der Waals surface area contributed by atoms with Gasteiger partial charge in [-0.3, -0.25) is 4.98 Å². The standard InChI is InChI=1S/C9H12FNOS/c1-9(2,6-12)13-8-3-4-11-5-7(8)10/h3-5,12H,6H2,1-2H3. The fourth-order valence-electron chi connectivity index (χ4n) is 0.775. The smallest absolute Gasteiger partial charge is 0.155 e. The molecule has 0 bridgehead atoms. The van der Waals surface area contributed by atoms with Gasteiger partial charge in [-0.25, -0.2) is 4.39 Å². The molecule has 0 aliphatic carbocycles. The number of hydrogen-bond acceptors (Lipinski definition) is 3. The van der Waals surface area contributed by atoms with Crippen LogP contribution in [0.4, 0.5) is 4.39 Å². The van der Waals surface area contributed by atoms with Crippen LogP contribution in [0.25, 0.3) is 0 Å². The van der Waals surface area contributed by atoms with Crippen LogP contribution in [-0.2, 0) is 0 Å². The summed E-state index contributed by atoms with van der Waals surface area (Å²) in [6.07, 6.45) is 2.72. The van der Waals surface area contributed by atoms with E-state index in [1.165, 1.54) is 18.0 Å². The van der Waals surface area contributed by atoms with Crippen LogP contribution in [-0.4, -0.2) is 21.4 Å². The van der Waals surface area contributed by atoms with Crippen molar-refractivity contribution in [3.05, 3.63) is 24.3 Å². The van der Waals surface area contributed by atoms with Gasteiger partial charge in [0.25, 0.3) is 0 Å². The van der Waals surface area contributed by atoms with E-state index in [0.29, 0.717) is 4.90 Å². The highest BCUT2D eigenvalue weighted by atomic mass is 32.2. The van der Waals surface area contributed by atoms with E-state index in [2.05, 4.69) is 4.98 Å². The van der Waals surface area contributed by atoms with E-state index in [1.54, 1.807) is 12.3 Å². The average Bonchev–Trinajstić information content (AvgIpc) is 2.09. The van der Waals surface area contributed by atoms with E-state index < -0.39 is 0 Å². The number of pyridine rings is 1. The van der Waals surface area contributed by atoms with E-state index in [0.717, 1.165) is 0 Å². The van der Waals surface area contributed by atoms with Crippen molar-refractivity contribution >= 4 is 11.8 Å². The molecule has 2 nitrogen and oxygen atoms in total. The fraction of sp³-hybridized carbons (Fsp3) is 0.444. The van der Waals surface area contributed by atoms with Gasteiger partial charge in [0.05, 0.1) is 12.8 Å². The molecule has 0 aromatic carbocycles. The van der Waals surface area contributed by atoms with E-state index in [9.17, 15) is 4.39 Å². The molecule has 0 aliphatic rings. The number of aliphatic hydroxyl groups excluding tert-OH is 1. The zero-order valence-electron chi connectivity index (χ0n) is 7.62. The predicted molar refractivity (Wildman–Crippen MR) is 51.2 cm³/mol. The van der Waals surface area contributed by atoms with Gasteiger partial charge in [0.1, 0.15) is 0 Å². The number of aliphatic hydroxyl groups is 1. The molecule has 1 N–H and O–H groups in total. The monoisotopic (exact) mass is 201 g/mol. The Hall–Kier alpha value is -0.610. The molecule has 1 aromatic rings. The summed E-state index contributed by atoms with van der Waals surface area (Å²) in [5.74, 6) is -0.339. The van der Waals surface area contributed by atoms with E-state index in [-0.39, 0.29) is 17.2 Å². The largest absolute Gasteiger partial charge is 0.395 e. The lowest BCUT2D eigenvalue weighted by Crippen LogP contribution is -2.19. The first kappa shape index (κ1) is 10.5. The van der Waals surface area contributed by atoms with Crippen molar-refractivity contribution in [1.29, 1.82) is 0 Å². The molecular weight excluding hydrogens is 189 g/mol. The van der Waals surface area contributed by atoms with Crippen molar-refractivity contribution in [2.75, 3.05) is 6.61 Å². The molecule has 0 saturated carbocycles. The van der Waals surface area contributed by atoms with Crippen LogP contribution in [0, 0.1) is 5.82 Å². The first-order valence-electron chi connectivity index (χ1n) is 3.94. The maximum absolute atomic E-state index is 13.1. The zero-order chi connectivity index (χ0) is 9.90. The summed E-state index contributed by atoms with van der Waals surface area (Å²) in [4.78, 5) is 4.17. The molecule has 1 aromatic heterocycles. The van der Waals surface area contributed by atoms with Gasteiger partial charge in [-0.2, -0.15) is 0 Å². The molecule has 0 spiro atoms. The molecule has 0 fully saturated rings. The van der Waals surface area contributed by atoms with Crippen molar-refractivity contribution in [3.8, 4) is 0 Å². The molecule has 0 unspecified atom stereocenters. The Balaban J connectivity index is 2.80. The lowest BCUT2D eigenvalue weighted by atomic mass is 10.2. The van der Waals surface area contributed by atoms with Crippen molar-refractivity contribution < 1.29 is 9.50 Å². The van der Waals surface area contributed by atoms with Crippen LogP contribution in [0.1, 0.15) is 13.8 Å². The number of halogens is 1. The number of rotatable bonds is 3. The third-order valence-electron chi connectivity index (χ3n) is 1.50. The number of hydrogen-bond donors (Lipinski definition) is 1. The minimum Gasteiger partial charge on any atom is -0.395 e. The highest BCUT2D eigenvalue weighted by Crippen LogP contribution is 2.32. The summed E-state index contributed by atoms with van der Waals surface area (Å²) in [5.41, 5.74) is 0. The summed E-state index contributed by atoms with van der Waals surface area (Å²) < 4.78 is 12.7. The highest BCUT2D eigenvalue weighted by molar-refractivity contribution is 8.00. The van der Waals surface area contributed by atoms with Crippen molar-refractivity contribution in [2.24, 2.45) is 0 Å². The molecule has 1 heterocycles. The first-order valence-corrected chi connectivity index (χ1v) is 4.76. The summed E-state index contributed by atoms with van der Waals surface area (Å²) >= 11 is 1.31. The Morgan fingerprint density at radius 2 is 2.31 bits per heavy atom. The van der Waals surface area contributed by atoms with E-state index in [1.807, 2.05) is 13.8 Å². The fourth-order valence-corrected chi connectivity index (χ4v) is 1.71. The van der Waals surface area contributed by atoms with Crippen LogP contribution in [0.2, 0.25) is 0 Å². The molecular formula is C9H12FNOS. The second kappa shape index (κ2) is 4.07. The van der Waals surface area contributed by atoms with Gasteiger partial charge in [-0.1, -0.05) is 0 Å². The zero-order valence-corrected chi connectivity index (χ0v) is 8.44. The Labute approximate surface area is 81.2 Å². The molecule has 0 saturated heterocycles. The van der Waals surface area contributed by atoms with Crippen molar-refractivity contribution in [3.63, 3.8) is 0 Å². The quantitative estimate of drug-likeness (QED) is 0.760. The van der Waals surface area contributed by atoms with Gasteiger partial charge in [0.15, 0.2) is 5.82 Å². The highest BCUT2D eigenvalue weighted by Gasteiger charge is 2.19. The minimum absolute atomic E-state index is 0.0133. The lowest BCUT2D eigenvalue weighted by Gasteiger charge is -2.20. The van der Waals surface area contributed by atoms with Crippen LogP contribution in [0.5, 0.6) is 0 Å². The van der Waals surface area contributed by atoms with Crippen molar-refractivity contribution in [2.45, 2.75) is 23.5 Å². The molecule has 0 radical (unpaired) electrons. The molecule has 72 valence electrons. The summed E-state index contributed by atoms with van der Waals surface area (Å²) in [5, 5.41) is 8.99. The van der Waals surface area contributed by atoms with E-state index in [4.69, 9.17) is 5.11 Å². The van der Waals surface area contributed by atoms with Crippen LogP contribution < -0.4 is 0 Å². The Morgan fingerprint density at radius 3 is 2.85 bits per heavy atom. The second-order valence-corrected chi connectivity index (χ2v) is 5.08. The third kappa shape index (κ3) is 2.97. The molecule has 0 atom stereocenters. The van der Waals surface area contributed by atoms with Crippen LogP contribution >= 0.6 is 11.8 Å². The average molecular weight is 201 g/mol. The Kier molecular flexibility index (Phi) is 3.27. The Morgan fingerprint density at radius 1 is 1.62 bits per heavy atom. The number of aromatic nitrogens is 1. The topological polar surface area (TPSA) is 33.1 Å². The third-order valence-corrected chi connectivity index (χ3v) is 2.73. The molecule has 4 heteroatoms. The van der Waals surface area contributed by atoms with Gasteiger partial charge in [0.2, 0.25) is 0 Å². The number of nitrogens with zero attached hydrogens (tertiary/aromatic N) is 1. The van der Waals surface area contributed by atoms with Gasteiger partial charge < -0.3 is 5.11 Å². The molecule has 0 amide bonds. The van der Waals surface area contributed by atoms with Gasteiger partial charge in [0, 0.05) is 15.8 Å². The second-order valence-electron chi connectivity index (χ2n) is 3.33. The normalized spacial score (nSPS) is 11.7.